The summed E-state index contributed by atoms with van der Waals surface area (Å²) in [6, 6.07) is 58.6. The molecule has 6 aliphatic rings. The maximum absolute atomic E-state index is 2.69. The van der Waals surface area contributed by atoms with Crippen LogP contribution < -0.4 is 26.2 Å². The number of rotatable bonds is 2. The third-order valence-corrected chi connectivity index (χ3v) is 14.7. The van der Waals surface area contributed by atoms with Gasteiger partial charge in [0.05, 0.1) is 5.69 Å². The Morgan fingerprint density at radius 2 is 0.945 bits per heavy atom. The van der Waals surface area contributed by atoms with Gasteiger partial charge in [-0.25, -0.2) is 0 Å². The highest BCUT2D eigenvalue weighted by Gasteiger charge is 2.53. The number of anilines is 6. The highest BCUT2D eigenvalue weighted by atomic mass is 15.2. The molecule has 2 saturated carbocycles. The predicted molar refractivity (Wildman–Crippen MR) is 230 cm³/mol. The molecule has 0 atom stereocenters. The zero-order chi connectivity index (χ0) is 35.9. The van der Waals surface area contributed by atoms with Crippen molar-refractivity contribution in [2.45, 2.75) is 62.2 Å². The number of fused-ring (bicyclic) bond motifs is 15. The Morgan fingerprint density at radius 3 is 1.65 bits per heavy atom. The molecule has 0 aromatic heterocycles. The van der Waals surface area contributed by atoms with Gasteiger partial charge in [-0.3, -0.25) is 0 Å². The van der Waals surface area contributed by atoms with Gasteiger partial charge in [-0.15, -0.1) is 0 Å². The van der Waals surface area contributed by atoms with E-state index in [1.165, 1.54) is 135 Å². The second-order valence-electron chi connectivity index (χ2n) is 17.0. The molecule has 4 aliphatic carbocycles. The topological polar surface area (TPSA) is 6.48 Å². The van der Waals surface area contributed by atoms with E-state index in [-0.39, 0.29) is 17.5 Å². The van der Waals surface area contributed by atoms with E-state index < -0.39 is 0 Å². The van der Waals surface area contributed by atoms with E-state index in [4.69, 9.17) is 0 Å². The van der Waals surface area contributed by atoms with Crippen molar-refractivity contribution < 1.29 is 0 Å². The molecule has 0 unspecified atom stereocenters. The Balaban J connectivity index is 1.21. The molecular weight excluding hydrogens is 663 g/mol. The second kappa shape index (κ2) is 10.9. The van der Waals surface area contributed by atoms with Gasteiger partial charge in [-0.2, -0.15) is 0 Å². The Bertz CT molecular complexity index is 2740. The molecule has 0 saturated heterocycles. The van der Waals surface area contributed by atoms with E-state index in [1.54, 1.807) is 11.1 Å². The Hall–Kier alpha value is -5.80. The average molecular weight is 705 g/mol. The van der Waals surface area contributed by atoms with E-state index in [1.807, 2.05) is 0 Å². The van der Waals surface area contributed by atoms with Gasteiger partial charge in [0.2, 0.25) is 0 Å². The molecule has 0 bridgehead atoms. The number of hydrogen-bond donors (Lipinski definition) is 0. The fourth-order valence-corrected chi connectivity index (χ4v) is 12.6. The first-order valence-corrected chi connectivity index (χ1v) is 20.7. The zero-order valence-corrected chi connectivity index (χ0v) is 31.1. The van der Waals surface area contributed by atoms with Gasteiger partial charge in [0.1, 0.15) is 0 Å². The molecule has 55 heavy (non-hydrogen) atoms. The van der Waals surface area contributed by atoms with Crippen LogP contribution in [-0.4, -0.2) is 6.71 Å². The van der Waals surface area contributed by atoms with Crippen LogP contribution in [0.25, 0.3) is 22.3 Å². The molecule has 0 radical (unpaired) electrons. The number of benzene rings is 7. The Kier molecular flexibility index (Phi) is 6.06. The molecule has 3 heteroatoms. The van der Waals surface area contributed by atoms with Crippen LogP contribution in [-0.2, 0) is 10.8 Å². The van der Waals surface area contributed by atoms with Gasteiger partial charge in [0, 0.05) is 44.8 Å². The quantitative estimate of drug-likeness (QED) is 0.165. The molecule has 2 aliphatic heterocycles. The summed E-state index contributed by atoms with van der Waals surface area (Å²) in [5.74, 6) is 0. The van der Waals surface area contributed by atoms with E-state index in [0.29, 0.717) is 0 Å². The summed E-state index contributed by atoms with van der Waals surface area (Å²) >= 11 is 0. The Morgan fingerprint density at radius 1 is 0.400 bits per heavy atom. The highest BCUT2D eigenvalue weighted by Crippen LogP contribution is 2.63. The highest BCUT2D eigenvalue weighted by molar-refractivity contribution is 7.00. The smallest absolute Gasteiger partial charge is 0.252 e. The summed E-state index contributed by atoms with van der Waals surface area (Å²) in [5, 5.41) is 0. The van der Waals surface area contributed by atoms with Crippen molar-refractivity contribution in [3.8, 4) is 22.3 Å². The van der Waals surface area contributed by atoms with Crippen molar-refractivity contribution in [1.29, 1.82) is 0 Å². The fourth-order valence-electron chi connectivity index (χ4n) is 12.6. The van der Waals surface area contributed by atoms with Gasteiger partial charge in [0.15, 0.2) is 0 Å². The first kappa shape index (κ1) is 30.5. The maximum Gasteiger partial charge on any atom is 0.252 e. The molecule has 2 fully saturated rings. The van der Waals surface area contributed by atoms with E-state index in [0.717, 1.165) is 0 Å². The number of hydrogen-bond acceptors (Lipinski definition) is 2. The first-order valence-electron chi connectivity index (χ1n) is 20.7. The van der Waals surface area contributed by atoms with Crippen LogP contribution in [0.1, 0.15) is 73.6 Å². The van der Waals surface area contributed by atoms with Crippen molar-refractivity contribution in [2.75, 3.05) is 9.80 Å². The van der Waals surface area contributed by atoms with E-state index in [9.17, 15) is 0 Å². The van der Waals surface area contributed by atoms with Crippen molar-refractivity contribution in [3.63, 3.8) is 0 Å². The van der Waals surface area contributed by atoms with Crippen molar-refractivity contribution in [2.24, 2.45) is 0 Å². The summed E-state index contributed by atoms with van der Waals surface area (Å²) in [5.41, 5.74) is 24.1. The normalized spacial score (nSPS) is 18.1. The van der Waals surface area contributed by atoms with Crippen molar-refractivity contribution in [1.82, 2.24) is 0 Å². The fraction of sp³-hybridized carbons (Fsp3) is 0.192. The van der Waals surface area contributed by atoms with Gasteiger partial charge in [-0.05, 0) is 123 Å². The van der Waals surface area contributed by atoms with Gasteiger partial charge >= 0.3 is 0 Å². The van der Waals surface area contributed by atoms with Crippen LogP contribution in [0, 0.1) is 0 Å². The molecule has 13 rings (SSSR count). The summed E-state index contributed by atoms with van der Waals surface area (Å²) in [6.45, 7) is 0.0892. The van der Waals surface area contributed by atoms with Crippen LogP contribution in [0.5, 0.6) is 0 Å². The lowest BCUT2D eigenvalue weighted by Crippen LogP contribution is -2.61. The predicted octanol–water partition coefficient (Wildman–Crippen LogP) is 11.5. The maximum atomic E-state index is 2.69. The molecule has 2 nitrogen and oxygen atoms in total. The lowest BCUT2D eigenvalue weighted by molar-refractivity contribution is 0.550. The van der Waals surface area contributed by atoms with Crippen LogP contribution >= 0.6 is 0 Å². The first-order chi connectivity index (χ1) is 27.3. The SMILES string of the molecule is c1ccc(N2c3cc4c(cc3B3c5ccccc5N(c5ccccc5)c5c3c2cc2c5-c3ccccc3C23CCCC3)-c2ccccc2C42CCCC2)cc1. The molecule has 7 aromatic carbocycles. The minimum Gasteiger partial charge on any atom is -0.311 e. The van der Waals surface area contributed by atoms with Crippen LogP contribution in [0.15, 0.2) is 152 Å². The minimum absolute atomic E-state index is 0.0302. The molecule has 0 N–H and O–H groups in total. The lowest BCUT2D eigenvalue weighted by Gasteiger charge is -2.46. The van der Waals surface area contributed by atoms with E-state index in [2.05, 4.69) is 161 Å². The molecular formula is C52H41BN2. The van der Waals surface area contributed by atoms with Crippen LogP contribution in [0.4, 0.5) is 34.1 Å². The van der Waals surface area contributed by atoms with Crippen LogP contribution in [0.2, 0.25) is 0 Å². The van der Waals surface area contributed by atoms with Crippen molar-refractivity contribution >= 4 is 57.2 Å². The van der Waals surface area contributed by atoms with Crippen molar-refractivity contribution in [3.05, 3.63) is 174 Å². The summed E-state index contributed by atoms with van der Waals surface area (Å²) in [6.07, 6.45) is 10.00. The van der Waals surface area contributed by atoms with Gasteiger partial charge in [0.25, 0.3) is 6.71 Å². The van der Waals surface area contributed by atoms with Gasteiger partial charge in [-0.1, -0.05) is 135 Å². The number of para-hydroxylation sites is 3. The third-order valence-electron chi connectivity index (χ3n) is 14.7. The Labute approximate surface area is 324 Å². The number of nitrogens with zero attached hydrogens (tertiary/aromatic N) is 2. The summed E-state index contributed by atoms with van der Waals surface area (Å²) in [7, 11) is 0. The minimum atomic E-state index is 0.0302. The monoisotopic (exact) mass is 704 g/mol. The van der Waals surface area contributed by atoms with Crippen LogP contribution in [0.3, 0.4) is 0 Å². The second-order valence-corrected chi connectivity index (χ2v) is 17.0. The lowest BCUT2D eigenvalue weighted by atomic mass is 9.33. The summed E-state index contributed by atoms with van der Waals surface area (Å²) < 4.78 is 0. The zero-order valence-electron chi connectivity index (χ0n) is 31.1. The van der Waals surface area contributed by atoms with E-state index >= 15 is 0 Å². The third kappa shape index (κ3) is 3.77. The molecule has 7 aromatic rings. The molecule has 262 valence electrons. The molecule has 2 heterocycles. The standard InChI is InChI=1S/C52H41BN2/c1-3-17-34(18-4-1)54-46-32-41-38(36-21-7-9-23-39(36)51(41)27-13-14-28-51)31-44(46)53-43-25-11-12-26-45(43)55(35-19-5-2-6-20-35)50-48-37-22-8-10-24-40(37)52(29-15-16-30-52)42(48)33-47(54)49(50)53/h1-12,17-26,31-33H,13-16,27-30H2. The molecule has 2 spiro atoms. The largest absolute Gasteiger partial charge is 0.311 e. The summed E-state index contributed by atoms with van der Waals surface area (Å²) in [4.78, 5) is 5.32. The molecule has 0 amide bonds. The average Bonchev–Trinajstić information content (AvgIpc) is 4.05. The van der Waals surface area contributed by atoms with Gasteiger partial charge < -0.3 is 9.80 Å².